The molecule has 0 amide bonds. The number of hydrogen-bond acceptors (Lipinski definition) is 5. The first kappa shape index (κ1) is 12.4. The summed E-state index contributed by atoms with van der Waals surface area (Å²) in [6, 6.07) is -0.444. The Labute approximate surface area is 100 Å². The lowest BCUT2D eigenvalue weighted by molar-refractivity contribution is 0.471. The van der Waals surface area contributed by atoms with Gasteiger partial charge in [-0.1, -0.05) is 24.5 Å². The molecule has 1 aliphatic rings. The van der Waals surface area contributed by atoms with Crippen molar-refractivity contribution in [3.63, 3.8) is 0 Å². The van der Waals surface area contributed by atoms with E-state index in [1.54, 1.807) is 6.92 Å². The van der Waals surface area contributed by atoms with E-state index in [4.69, 9.17) is 0 Å². The second kappa shape index (κ2) is 5.09. The first-order valence-electron chi connectivity index (χ1n) is 5.84. The van der Waals surface area contributed by atoms with Crippen molar-refractivity contribution in [2.45, 2.75) is 50.3 Å². The maximum Gasteiger partial charge on any atom is 0.215 e. The number of hydrogen-bond donors (Lipinski definition) is 2. The van der Waals surface area contributed by atoms with Crippen LogP contribution in [-0.2, 0) is 10.0 Å². The maximum absolute atomic E-state index is 12.1. The molecule has 1 saturated carbocycles. The summed E-state index contributed by atoms with van der Waals surface area (Å²) in [6.45, 7) is 1.71. The second-order valence-electron chi connectivity index (χ2n) is 4.41. The minimum Gasteiger partial charge on any atom is -0.212 e. The molecule has 1 fully saturated rings. The zero-order valence-electron chi connectivity index (χ0n) is 9.76. The normalized spacial score (nSPS) is 20.3. The Bertz CT molecular complexity index is 438. The van der Waals surface area contributed by atoms with Gasteiger partial charge in [0.15, 0.2) is 5.82 Å². The molecule has 0 saturated heterocycles. The average Bonchev–Trinajstić information content (AvgIpc) is 2.83. The van der Waals surface area contributed by atoms with E-state index < -0.39 is 16.1 Å². The molecule has 0 spiro atoms. The van der Waals surface area contributed by atoms with Crippen molar-refractivity contribution >= 4 is 10.0 Å². The monoisotopic (exact) mass is 259 g/mol. The van der Waals surface area contributed by atoms with E-state index in [-0.39, 0.29) is 5.25 Å². The third-order valence-corrected chi connectivity index (χ3v) is 5.11. The quantitative estimate of drug-likeness (QED) is 0.820. The number of H-pyrrole nitrogens is 1. The van der Waals surface area contributed by atoms with Crippen LogP contribution in [0.2, 0.25) is 0 Å². The topological polar surface area (TPSA) is 101 Å². The largest absolute Gasteiger partial charge is 0.215 e. The molecule has 17 heavy (non-hydrogen) atoms. The van der Waals surface area contributed by atoms with Crippen LogP contribution in [-0.4, -0.2) is 34.3 Å². The van der Waals surface area contributed by atoms with Gasteiger partial charge in [0.1, 0.15) is 0 Å². The van der Waals surface area contributed by atoms with Crippen molar-refractivity contribution in [2.75, 3.05) is 0 Å². The molecule has 1 aromatic rings. The SMILES string of the molecule is CC(NS(=O)(=O)C1CCCCC1)c1nn[nH]n1. The molecule has 0 bridgehead atoms. The van der Waals surface area contributed by atoms with Crippen LogP contribution in [0.4, 0.5) is 0 Å². The molecule has 8 heteroatoms. The molecule has 1 atom stereocenters. The molecule has 0 radical (unpaired) electrons. The summed E-state index contributed by atoms with van der Waals surface area (Å²) in [6.07, 6.45) is 4.60. The zero-order valence-corrected chi connectivity index (χ0v) is 10.6. The molecule has 1 aromatic heterocycles. The fraction of sp³-hybridized carbons (Fsp3) is 0.889. The van der Waals surface area contributed by atoms with Gasteiger partial charge in [-0.25, -0.2) is 13.1 Å². The molecular weight excluding hydrogens is 242 g/mol. The molecular formula is C9H17N5O2S. The standard InChI is InChI=1S/C9H17N5O2S/c1-7(9-10-13-14-11-9)12-17(15,16)8-5-3-2-4-6-8/h7-8,12H,2-6H2,1H3,(H,10,11,13,14). The van der Waals surface area contributed by atoms with E-state index in [0.717, 1.165) is 32.1 Å². The molecule has 0 aromatic carbocycles. The Morgan fingerprint density at radius 1 is 1.35 bits per heavy atom. The molecule has 2 rings (SSSR count). The number of tetrazole rings is 1. The van der Waals surface area contributed by atoms with Gasteiger partial charge in [0, 0.05) is 0 Å². The first-order valence-corrected chi connectivity index (χ1v) is 7.39. The van der Waals surface area contributed by atoms with Gasteiger partial charge in [0.25, 0.3) is 0 Å². The molecule has 0 aliphatic heterocycles. The summed E-state index contributed by atoms with van der Waals surface area (Å²) in [7, 11) is -3.28. The van der Waals surface area contributed by atoms with Crippen molar-refractivity contribution < 1.29 is 8.42 Å². The Morgan fingerprint density at radius 2 is 2.06 bits per heavy atom. The smallest absolute Gasteiger partial charge is 0.212 e. The number of nitrogens with one attached hydrogen (secondary N) is 2. The van der Waals surface area contributed by atoms with Gasteiger partial charge in [0.2, 0.25) is 10.0 Å². The number of aromatic nitrogens is 4. The number of sulfonamides is 1. The van der Waals surface area contributed by atoms with Gasteiger partial charge in [-0.3, -0.25) is 0 Å². The van der Waals surface area contributed by atoms with E-state index >= 15 is 0 Å². The Hall–Kier alpha value is -1.02. The number of aromatic amines is 1. The van der Waals surface area contributed by atoms with Crippen LogP contribution in [0, 0.1) is 0 Å². The summed E-state index contributed by atoms with van der Waals surface area (Å²) < 4.78 is 26.8. The predicted octanol–water partition coefficient (Wildman–Crippen LogP) is 0.513. The van der Waals surface area contributed by atoms with E-state index in [2.05, 4.69) is 25.3 Å². The van der Waals surface area contributed by atoms with Crippen molar-refractivity contribution in [3.05, 3.63) is 5.82 Å². The summed E-state index contributed by atoms with van der Waals surface area (Å²) in [5.41, 5.74) is 0. The minimum absolute atomic E-state index is 0.273. The van der Waals surface area contributed by atoms with Crippen molar-refractivity contribution in [1.82, 2.24) is 25.3 Å². The van der Waals surface area contributed by atoms with Crippen LogP contribution in [0.3, 0.4) is 0 Å². The van der Waals surface area contributed by atoms with Gasteiger partial charge >= 0.3 is 0 Å². The van der Waals surface area contributed by atoms with Crippen LogP contribution < -0.4 is 4.72 Å². The van der Waals surface area contributed by atoms with Crippen LogP contribution in [0.5, 0.6) is 0 Å². The highest BCUT2D eigenvalue weighted by atomic mass is 32.2. The van der Waals surface area contributed by atoms with Crippen molar-refractivity contribution in [3.8, 4) is 0 Å². The summed E-state index contributed by atoms with van der Waals surface area (Å²) in [5.74, 6) is 0.365. The van der Waals surface area contributed by atoms with Gasteiger partial charge in [-0.05, 0) is 19.8 Å². The zero-order chi connectivity index (χ0) is 12.3. The molecule has 1 aliphatic carbocycles. The Kier molecular flexibility index (Phi) is 3.72. The van der Waals surface area contributed by atoms with Crippen molar-refractivity contribution in [1.29, 1.82) is 0 Å². The van der Waals surface area contributed by atoms with E-state index in [0.29, 0.717) is 5.82 Å². The molecule has 2 N–H and O–H groups in total. The third-order valence-electron chi connectivity index (χ3n) is 3.08. The lowest BCUT2D eigenvalue weighted by atomic mass is 10.0. The highest BCUT2D eigenvalue weighted by molar-refractivity contribution is 7.90. The van der Waals surface area contributed by atoms with Crippen molar-refractivity contribution in [2.24, 2.45) is 0 Å². The van der Waals surface area contributed by atoms with E-state index in [1.807, 2.05) is 0 Å². The van der Waals surface area contributed by atoms with Crippen LogP contribution in [0.25, 0.3) is 0 Å². The van der Waals surface area contributed by atoms with Gasteiger partial charge in [0.05, 0.1) is 11.3 Å². The number of nitrogens with zero attached hydrogens (tertiary/aromatic N) is 3. The van der Waals surface area contributed by atoms with E-state index in [9.17, 15) is 8.42 Å². The Balaban J connectivity index is 2.01. The number of rotatable bonds is 4. The predicted molar refractivity (Wildman–Crippen MR) is 61.5 cm³/mol. The Morgan fingerprint density at radius 3 is 2.65 bits per heavy atom. The average molecular weight is 259 g/mol. The van der Waals surface area contributed by atoms with E-state index in [1.165, 1.54) is 0 Å². The van der Waals surface area contributed by atoms with Crippen LogP contribution in [0.1, 0.15) is 50.9 Å². The van der Waals surface area contributed by atoms with Gasteiger partial charge in [-0.2, -0.15) is 5.21 Å². The lowest BCUT2D eigenvalue weighted by Crippen LogP contribution is -2.37. The second-order valence-corrected chi connectivity index (χ2v) is 6.41. The summed E-state index contributed by atoms with van der Waals surface area (Å²) >= 11 is 0. The molecule has 1 unspecified atom stereocenters. The summed E-state index contributed by atoms with van der Waals surface area (Å²) in [4.78, 5) is 0. The molecule has 96 valence electrons. The fourth-order valence-electron chi connectivity index (χ4n) is 2.12. The molecule has 7 nitrogen and oxygen atoms in total. The van der Waals surface area contributed by atoms with Gasteiger partial charge in [-0.15, -0.1) is 10.2 Å². The highest BCUT2D eigenvalue weighted by Crippen LogP contribution is 2.24. The third kappa shape index (κ3) is 3.01. The molecule has 1 heterocycles. The first-order chi connectivity index (χ1) is 8.09. The van der Waals surface area contributed by atoms with Crippen LogP contribution >= 0.6 is 0 Å². The van der Waals surface area contributed by atoms with Crippen LogP contribution in [0.15, 0.2) is 0 Å². The van der Waals surface area contributed by atoms with Gasteiger partial charge < -0.3 is 0 Å². The summed E-state index contributed by atoms with van der Waals surface area (Å²) in [5, 5.41) is 13.0. The maximum atomic E-state index is 12.1. The fourth-order valence-corrected chi connectivity index (χ4v) is 3.87. The lowest BCUT2D eigenvalue weighted by Gasteiger charge is -2.23. The highest BCUT2D eigenvalue weighted by Gasteiger charge is 2.29. The minimum atomic E-state index is -3.28.